The minimum absolute atomic E-state index is 0.000459. The number of carbonyl (C=O) groups is 1. The second kappa shape index (κ2) is 10.5. The first kappa shape index (κ1) is 22.3. The van der Waals surface area contributed by atoms with Gasteiger partial charge in [-0.3, -0.25) is 9.79 Å². The van der Waals surface area contributed by atoms with Crippen LogP contribution in [0.4, 0.5) is 0 Å². The number of aryl methyl sites for hydroxylation is 1. The Balaban J connectivity index is 1.94. The van der Waals surface area contributed by atoms with Crippen molar-refractivity contribution in [1.82, 2.24) is 15.5 Å². The second-order valence-electron chi connectivity index (χ2n) is 7.45. The van der Waals surface area contributed by atoms with Gasteiger partial charge in [0.1, 0.15) is 5.75 Å². The Hall–Kier alpha value is -3.02. The highest BCUT2D eigenvalue weighted by Crippen LogP contribution is 2.21. The first-order chi connectivity index (χ1) is 13.8. The Kier molecular flexibility index (Phi) is 8.07. The maximum Gasteiger partial charge on any atom is 0.253 e. The lowest BCUT2D eigenvalue weighted by Crippen LogP contribution is -2.36. The van der Waals surface area contributed by atoms with Gasteiger partial charge in [-0.1, -0.05) is 24.3 Å². The summed E-state index contributed by atoms with van der Waals surface area (Å²) < 4.78 is 5.94. The number of guanidine groups is 1. The molecule has 0 aliphatic rings. The number of benzene rings is 2. The fraction of sp³-hybridized carbons (Fsp3) is 0.391. The number of nitrogens with zero attached hydrogens (tertiary/aromatic N) is 2. The predicted molar refractivity (Wildman–Crippen MR) is 118 cm³/mol. The van der Waals surface area contributed by atoms with E-state index in [4.69, 9.17) is 4.74 Å². The Morgan fingerprint density at radius 1 is 1.07 bits per heavy atom. The molecule has 156 valence electrons. The molecule has 2 aromatic rings. The topological polar surface area (TPSA) is 66.0 Å². The Labute approximate surface area is 174 Å². The highest BCUT2D eigenvalue weighted by atomic mass is 16.5. The fourth-order valence-corrected chi connectivity index (χ4v) is 2.78. The Bertz CT molecular complexity index is 842. The molecule has 6 heteroatoms. The molecule has 2 rings (SSSR count). The first-order valence-corrected chi connectivity index (χ1v) is 9.81. The van der Waals surface area contributed by atoms with Gasteiger partial charge in [0, 0.05) is 45.4 Å². The summed E-state index contributed by atoms with van der Waals surface area (Å²) >= 11 is 0. The highest BCUT2D eigenvalue weighted by Gasteiger charge is 2.09. The molecule has 0 spiro atoms. The normalized spacial score (nSPS) is 11.3. The van der Waals surface area contributed by atoms with E-state index in [1.165, 1.54) is 5.56 Å². The van der Waals surface area contributed by atoms with Gasteiger partial charge >= 0.3 is 0 Å². The Morgan fingerprint density at radius 2 is 1.72 bits per heavy atom. The molecule has 0 aliphatic carbocycles. The zero-order valence-corrected chi connectivity index (χ0v) is 18.2. The maximum atomic E-state index is 12.0. The standard InChI is InChI=1S/C23H32N4O2/c1-16(2)29-21-13-17(3)7-10-20(21)15-26-23(24-4)25-14-18-8-11-19(12-9-18)22(28)27(5)6/h7-13,16H,14-15H2,1-6H3,(H2,24,25,26). The fourth-order valence-electron chi connectivity index (χ4n) is 2.78. The summed E-state index contributed by atoms with van der Waals surface area (Å²) in [6.45, 7) is 7.33. The van der Waals surface area contributed by atoms with Crippen molar-refractivity contribution in [3.05, 3.63) is 64.7 Å². The number of hydrogen-bond acceptors (Lipinski definition) is 3. The molecule has 6 nitrogen and oxygen atoms in total. The molecule has 2 aromatic carbocycles. The number of ether oxygens (including phenoxy) is 1. The van der Waals surface area contributed by atoms with Crippen molar-refractivity contribution in [2.75, 3.05) is 21.1 Å². The summed E-state index contributed by atoms with van der Waals surface area (Å²) in [6, 6.07) is 13.8. The molecule has 0 unspecified atom stereocenters. The van der Waals surface area contributed by atoms with Crippen LogP contribution in [0.3, 0.4) is 0 Å². The number of rotatable bonds is 7. The zero-order valence-electron chi connectivity index (χ0n) is 18.2. The molecular formula is C23H32N4O2. The summed E-state index contributed by atoms with van der Waals surface area (Å²) in [5, 5.41) is 6.63. The van der Waals surface area contributed by atoms with Crippen LogP contribution in [0.2, 0.25) is 0 Å². The van der Waals surface area contributed by atoms with Crippen molar-refractivity contribution in [3.8, 4) is 5.75 Å². The van der Waals surface area contributed by atoms with E-state index >= 15 is 0 Å². The van der Waals surface area contributed by atoms with Gasteiger partial charge in [0.25, 0.3) is 5.91 Å². The van der Waals surface area contributed by atoms with Gasteiger partial charge in [-0.2, -0.15) is 0 Å². The average Bonchev–Trinajstić information content (AvgIpc) is 2.68. The van der Waals surface area contributed by atoms with Crippen molar-refractivity contribution in [3.63, 3.8) is 0 Å². The van der Waals surface area contributed by atoms with Gasteiger partial charge < -0.3 is 20.3 Å². The van der Waals surface area contributed by atoms with Crippen LogP contribution in [0.25, 0.3) is 0 Å². The number of amides is 1. The molecule has 0 aliphatic heterocycles. The van der Waals surface area contributed by atoms with Crippen LogP contribution in [0.15, 0.2) is 47.5 Å². The zero-order chi connectivity index (χ0) is 21.4. The summed E-state index contributed by atoms with van der Waals surface area (Å²) in [7, 11) is 5.24. The molecule has 0 fully saturated rings. The van der Waals surface area contributed by atoms with Crippen LogP contribution in [0, 0.1) is 6.92 Å². The number of carbonyl (C=O) groups excluding carboxylic acids is 1. The van der Waals surface area contributed by atoms with Gasteiger partial charge in [0.2, 0.25) is 0 Å². The minimum atomic E-state index is -0.000459. The summed E-state index contributed by atoms with van der Waals surface area (Å²) in [4.78, 5) is 17.8. The SMILES string of the molecule is CN=C(NCc1ccc(C(=O)N(C)C)cc1)NCc1ccc(C)cc1OC(C)C. The van der Waals surface area contributed by atoms with E-state index in [2.05, 4.69) is 40.7 Å². The van der Waals surface area contributed by atoms with E-state index in [-0.39, 0.29) is 12.0 Å². The molecule has 0 heterocycles. The lowest BCUT2D eigenvalue weighted by molar-refractivity contribution is 0.0827. The molecule has 0 bridgehead atoms. The van der Waals surface area contributed by atoms with Crippen LogP contribution in [-0.4, -0.2) is 44.0 Å². The van der Waals surface area contributed by atoms with E-state index in [1.807, 2.05) is 38.1 Å². The van der Waals surface area contributed by atoms with Gasteiger partial charge in [-0.05, 0) is 50.1 Å². The molecular weight excluding hydrogens is 364 g/mol. The van der Waals surface area contributed by atoms with Gasteiger partial charge in [0.05, 0.1) is 6.10 Å². The lowest BCUT2D eigenvalue weighted by atomic mass is 10.1. The van der Waals surface area contributed by atoms with E-state index in [0.29, 0.717) is 24.6 Å². The molecule has 0 aromatic heterocycles. The van der Waals surface area contributed by atoms with E-state index in [1.54, 1.807) is 26.0 Å². The van der Waals surface area contributed by atoms with Crippen LogP contribution < -0.4 is 15.4 Å². The third-order valence-corrected chi connectivity index (χ3v) is 4.32. The third kappa shape index (κ3) is 6.82. The van der Waals surface area contributed by atoms with Gasteiger partial charge in [0.15, 0.2) is 5.96 Å². The molecule has 0 atom stereocenters. The Morgan fingerprint density at radius 3 is 2.31 bits per heavy atom. The third-order valence-electron chi connectivity index (χ3n) is 4.32. The average molecular weight is 397 g/mol. The first-order valence-electron chi connectivity index (χ1n) is 9.81. The number of aliphatic imine (C=N–C) groups is 1. The van der Waals surface area contributed by atoms with Gasteiger partial charge in [-0.25, -0.2) is 0 Å². The highest BCUT2D eigenvalue weighted by molar-refractivity contribution is 5.93. The minimum Gasteiger partial charge on any atom is -0.491 e. The molecule has 29 heavy (non-hydrogen) atoms. The van der Waals surface area contributed by atoms with Crippen molar-refractivity contribution in [2.24, 2.45) is 4.99 Å². The van der Waals surface area contributed by atoms with Crippen molar-refractivity contribution in [1.29, 1.82) is 0 Å². The number of nitrogens with one attached hydrogen (secondary N) is 2. The van der Waals surface area contributed by atoms with Crippen LogP contribution in [0.5, 0.6) is 5.75 Å². The lowest BCUT2D eigenvalue weighted by Gasteiger charge is -2.17. The predicted octanol–water partition coefficient (Wildman–Crippen LogP) is 3.35. The monoisotopic (exact) mass is 396 g/mol. The van der Waals surface area contributed by atoms with Crippen LogP contribution in [0.1, 0.15) is 40.9 Å². The van der Waals surface area contributed by atoms with E-state index in [9.17, 15) is 4.79 Å². The number of hydrogen-bond donors (Lipinski definition) is 2. The molecule has 1 amide bonds. The summed E-state index contributed by atoms with van der Waals surface area (Å²) in [5.41, 5.74) is 4.00. The second-order valence-corrected chi connectivity index (χ2v) is 7.45. The van der Waals surface area contributed by atoms with Crippen molar-refractivity contribution >= 4 is 11.9 Å². The largest absolute Gasteiger partial charge is 0.491 e. The van der Waals surface area contributed by atoms with E-state index in [0.717, 1.165) is 16.9 Å². The molecule has 0 saturated heterocycles. The summed E-state index contributed by atoms with van der Waals surface area (Å²) in [6.07, 6.45) is 0.121. The smallest absolute Gasteiger partial charge is 0.253 e. The molecule has 0 saturated carbocycles. The molecule has 2 N–H and O–H groups in total. The van der Waals surface area contributed by atoms with Gasteiger partial charge in [-0.15, -0.1) is 0 Å². The summed E-state index contributed by atoms with van der Waals surface area (Å²) in [5.74, 6) is 1.60. The van der Waals surface area contributed by atoms with Crippen molar-refractivity contribution in [2.45, 2.75) is 40.0 Å². The molecule has 0 radical (unpaired) electrons. The van der Waals surface area contributed by atoms with Crippen LogP contribution >= 0.6 is 0 Å². The quantitative estimate of drug-likeness (QED) is 0.556. The van der Waals surface area contributed by atoms with E-state index < -0.39 is 0 Å². The maximum absolute atomic E-state index is 12.0. The van der Waals surface area contributed by atoms with Crippen molar-refractivity contribution < 1.29 is 9.53 Å². The van der Waals surface area contributed by atoms with Crippen LogP contribution in [-0.2, 0) is 13.1 Å².